The summed E-state index contributed by atoms with van der Waals surface area (Å²) in [6, 6.07) is 0.485. The van der Waals surface area contributed by atoms with E-state index in [1.807, 2.05) is 0 Å². The first-order valence-electron chi connectivity index (χ1n) is 6.99. The first kappa shape index (κ1) is 15.2. The first-order chi connectivity index (χ1) is 8.22. The maximum atomic E-state index is 4.63. The molecule has 1 N–H and O–H groups in total. The van der Waals surface area contributed by atoms with Crippen LogP contribution in [-0.4, -0.2) is 21.9 Å². The molecule has 0 saturated carbocycles. The van der Waals surface area contributed by atoms with Crippen molar-refractivity contribution in [2.24, 2.45) is 0 Å². The van der Waals surface area contributed by atoms with Crippen LogP contribution in [0.5, 0.6) is 0 Å². The summed E-state index contributed by atoms with van der Waals surface area (Å²) in [5.41, 5.74) is 4.02. The van der Waals surface area contributed by atoms with Crippen LogP contribution in [-0.2, 0) is 0 Å². The van der Waals surface area contributed by atoms with Gasteiger partial charge in [-0.2, -0.15) is 5.10 Å². The summed E-state index contributed by atoms with van der Waals surface area (Å²) < 4.78 is 2.18. The summed E-state index contributed by atoms with van der Waals surface area (Å²) in [6.07, 6.45) is 2.36. The summed E-state index contributed by atoms with van der Waals surface area (Å²) in [4.78, 5) is 0. The third-order valence-corrected chi connectivity index (χ3v) is 3.56. The molecule has 0 aliphatic rings. The molecule has 0 aromatic carbocycles. The van der Waals surface area contributed by atoms with Crippen LogP contribution >= 0.6 is 0 Å². The van der Waals surface area contributed by atoms with Crippen LogP contribution in [0.2, 0.25) is 0 Å². The molecule has 1 aromatic heterocycles. The van der Waals surface area contributed by atoms with Gasteiger partial charge in [0.05, 0.1) is 5.69 Å². The molecule has 0 amide bonds. The van der Waals surface area contributed by atoms with Gasteiger partial charge in [-0.1, -0.05) is 0 Å². The lowest BCUT2D eigenvalue weighted by Gasteiger charge is -2.21. The largest absolute Gasteiger partial charge is 0.312 e. The zero-order valence-electron chi connectivity index (χ0n) is 13.1. The van der Waals surface area contributed by atoms with Gasteiger partial charge < -0.3 is 5.32 Å². The van der Waals surface area contributed by atoms with Gasteiger partial charge in [-0.3, -0.25) is 4.68 Å². The third kappa shape index (κ3) is 4.13. The van der Waals surface area contributed by atoms with Crippen molar-refractivity contribution in [2.75, 3.05) is 6.54 Å². The van der Waals surface area contributed by atoms with Crippen LogP contribution < -0.4 is 5.32 Å². The van der Waals surface area contributed by atoms with Crippen molar-refractivity contribution in [3.8, 4) is 0 Å². The molecule has 0 spiro atoms. The smallest absolute Gasteiger partial charge is 0.0625 e. The summed E-state index contributed by atoms with van der Waals surface area (Å²) in [5.74, 6) is 0. The fraction of sp³-hybridized carbons (Fsp3) is 0.800. The van der Waals surface area contributed by atoms with Crippen LogP contribution in [0, 0.1) is 20.8 Å². The van der Waals surface area contributed by atoms with Gasteiger partial charge in [0.1, 0.15) is 0 Å². The molecule has 1 rings (SSSR count). The van der Waals surface area contributed by atoms with Crippen LogP contribution in [0.3, 0.4) is 0 Å². The number of rotatable bonds is 5. The quantitative estimate of drug-likeness (QED) is 0.811. The van der Waals surface area contributed by atoms with Gasteiger partial charge in [0.2, 0.25) is 0 Å². The standard InChI is InChI=1S/C15H29N3/c1-11(9-8-10-16-15(5,6)7)18-14(4)12(2)13(3)17-18/h11,16H,8-10H2,1-7H3. The predicted octanol–water partition coefficient (Wildman–Crippen LogP) is 3.54. The molecule has 0 aliphatic carbocycles. The Hall–Kier alpha value is -0.830. The molecule has 3 nitrogen and oxygen atoms in total. The number of aryl methyl sites for hydroxylation is 1. The summed E-state index contributed by atoms with van der Waals surface area (Å²) in [5, 5.41) is 8.16. The van der Waals surface area contributed by atoms with Crippen molar-refractivity contribution >= 4 is 0 Å². The van der Waals surface area contributed by atoms with Gasteiger partial charge in [0, 0.05) is 17.3 Å². The molecule has 0 bridgehead atoms. The van der Waals surface area contributed by atoms with E-state index in [0.717, 1.165) is 12.2 Å². The Morgan fingerprint density at radius 2 is 1.83 bits per heavy atom. The fourth-order valence-corrected chi connectivity index (χ4v) is 2.16. The van der Waals surface area contributed by atoms with E-state index in [1.54, 1.807) is 0 Å². The Bertz CT molecular complexity index is 385. The average molecular weight is 251 g/mol. The molecular formula is C15H29N3. The lowest BCUT2D eigenvalue weighted by atomic mass is 10.1. The van der Waals surface area contributed by atoms with E-state index in [0.29, 0.717) is 6.04 Å². The van der Waals surface area contributed by atoms with Gasteiger partial charge in [-0.15, -0.1) is 0 Å². The molecule has 1 unspecified atom stereocenters. The van der Waals surface area contributed by atoms with E-state index < -0.39 is 0 Å². The second-order valence-electron chi connectivity index (χ2n) is 6.41. The zero-order chi connectivity index (χ0) is 13.9. The highest BCUT2D eigenvalue weighted by atomic mass is 15.3. The van der Waals surface area contributed by atoms with Crippen molar-refractivity contribution < 1.29 is 0 Å². The molecule has 0 saturated heterocycles. The van der Waals surface area contributed by atoms with E-state index >= 15 is 0 Å². The molecule has 0 fully saturated rings. The van der Waals surface area contributed by atoms with Gasteiger partial charge >= 0.3 is 0 Å². The Morgan fingerprint density at radius 1 is 1.22 bits per heavy atom. The number of nitrogens with zero attached hydrogens (tertiary/aromatic N) is 2. The minimum atomic E-state index is 0.220. The molecule has 1 heterocycles. The number of hydrogen-bond donors (Lipinski definition) is 1. The Balaban J connectivity index is 2.46. The highest BCUT2D eigenvalue weighted by Crippen LogP contribution is 2.19. The van der Waals surface area contributed by atoms with Crippen LogP contribution in [0.1, 0.15) is 63.5 Å². The minimum absolute atomic E-state index is 0.220. The summed E-state index contributed by atoms with van der Waals surface area (Å²) >= 11 is 0. The summed E-state index contributed by atoms with van der Waals surface area (Å²) in [6.45, 7) is 16.4. The Morgan fingerprint density at radius 3 is 2.28 bits per heavy atom. The van der Waals surface area contributed by atoms with E-state index in [4.69, 9.17) is 0 Å². The average Bonchev–Trinajstić information content (AvgIpc) is 2.51. The normalized spacial score (nSPS) is 13.9. The van der Waals surface area contributed by atoms with Crippen molar-refractivity contribution in [3.63, 3.8) is 0 Å². The topological polar surface area (TPSA) is 29.9 Å². The van der Waals surface area contributed by atoms with Crippen LogP contribution in [0.15, 0.2) is 0 Å². The van der Waals surface area contributed by atoms with Gasteiger partial charge in [0.15, 0.2) is 0 Å². The Kier molecular flexibility index (Phi) is 4.97. The van der Waals surface area contributed by atoms with Crippen LogP contribution in [0.4, 0.5) is 0 Å². The predicted molar refractivity (Wildman–Crippen MR) is 78.1 cm³/mol. The number of hydrogen-bond acceptors (Lipinski definition) is 2. The molecule has 104 valence electrons. The Labute approximate surface area is 112 Å². The van der Waals surface area contributed by atoms with Crippen LogP contribution in [0.25, 0.3) is 0 Å². The van der Waals surface area contributed by atoms with Crippen molar-refractivity contribution in [1.29, 1.82) is 0 Å². The highest BCUT2D eigenvalue weighted by Gasteiger charge is 2.13. The number of nitrogens with one attached hydrogen (secondary N) is 1. The van der Waals surface area contributed by atoms with Crippen molar-refractivity contribution in [2.45, 2.75) is 72.9 Å². The van der Waals surface area contributed by atoms with E-state index in [1.165, 1.54) is 24.1 Å². The van der Waals surface area contributed by atoms with E-state index in [9.17, 15) is 0 Å². The second kappa shape index (κ2) is 5.87. The first-order valence-corrected chi connectivity index (χ1v) is 6.99. The molecule has 0 radical (unpaired) electrons. The highest BCUT2D eigenvalue weighted by molar-refractivity contribution is 5.22. The summed E-state index contributed by atoms with van der Waals surface area (Å²) in [7, 11) is 0. The van der Waals surface area contributed by atoms with Crippen molar-refractivity contribution in [1.82, 2.24) is 15.1 Å². The van der Waals surface area contributed by atoms with Gasteiger partial charge in [0.25, 0.3) is 0 Å². The molecular weight excluding hydrogens is 222 g/mol. The van der Waals surface area contributed by atoms with Gasteiger partial charge in [-0.05, 0) is 73.4 Å². The van der Waals surface area contributed by atoms with Gasteiger partial charge in [-0.25, -0.2) is 0 Å². The maximum Gasteiger partial charge on any atom is 0.0625 e. The molecule has 3 heteroatoms. The molecule has 0 aliphatic heterocycles. The lowest BCUT2D eigenvalue weighted by molar-refractivity contribution is 0.387. The molecule has 1 aromatic rings. The fourth-order valence-electron chi connectivity index (χ4n) is 2.16. The lowest BCUT2D eigenvalue weighted by Crippen LogP contribution is -2.36. The minimum Gasteiger partial charge on any atom is -0.312 e. The third-order valence-electron chi connectivity index (χ3n) is 3.56. The zero-order valence-corrected chi connectivity index (χ0v) is 13.1. The molecule has 18 heavy (non-hydrogen) atoms. The molecule has 1 atom stereocenters. The second-order valence-corrected chi connectivity index (χ2v) is 6.41. The SMILES string of the molecule is Cc1nn(C(C)CCCNC(C)(C)C)c(C)c1C. The van der Waals surface area contributed by atoms with E-state index in [-0.39, 0.29) is 5.54 Å². The number of aromatic nitrogens is 2. The van der Waals surface area contributed by atoms with E-state index in [2.05, 4.69) is 63.6 Å². The maximum absolute atomic E-state index is 4.63. The monoisotopic (exact) mass is 251 g/mol. The van der Waals surface area contributed by atoms with Crippen molar-refractivity contribution in [3.05, 3.63) is 17.0 Å².